The van der Waals surface area contributed by atoms with Crippen LogP contribution < -0.4 is 20.5 Å². The average molecular weight is 396 g/mol. The van der Waals surface area contributed by atoms with Crippen LogP contribution in [0.4, 0.5) is 0 Å². The molecule has 2 rings (SSSR count). The number of rotatable bonds is 5. The first kappa shape index (κ1) is 20.0. The van der Waals surface area contributed by atoms with Crippen molar-refractivity contribution in [2.24, 2.45) is 20.7 Å². The fourth-order valence-corrected chi connectivity index (χ4v) is 3.12. The van der Waals surface area contributed by atoms with Crippen LogP contribution in [0.25, 0.3) is 5.70 Å². The number of hydrogen-bond acceptors (Lipinski definition) is 7. The largest absolute Gasteiger partial charge is 0.495 e. The Bertz CT molecular complexity index is 816. The summed E-state index contributed by atoms with van der Waals surface area (Å²) in [5, 5.41) is 3.62. The highest BCUT2D eigenvalue weighted by molar-refractivity contribution is 6.50. The topological polar surface area (TPSA) is 93.6 Å². The van der Waals surface area contributed by atoms with Gasteiger partial charge in [-0.05, 0) is 12.8 Å². The molecular formula is C17H19Cl2N5O2. The molecule has 0 aromatic heterocycles. The van der Waals surface area contributed by atoms with Gasteiger partial charge in [-0.2, -0.15) is 0 Å². The van der Waals surface area contributed by atoms with Crippen molar-refractivity contribution in [3.05, 3.63) is 39.5 Å². The summed E-state index contributed by atoms with van der Waals surface area (Å²) in [6, 6.07) is 1.61. The smallest absolute Gasteiger partial charge is 0.152 e. The van der Waals surface area contributed by atoms with Crippen molar-refractivity contribution in [2.45, 2.75) is 0 Å². The lowest BCUT2D eigenvalue weighted by molar-refractivity contribution is 0.394. The highest BCUT2D eigenvalue weighted by atomic mass is 35.5. The number of benzene rings is 1. The zero-order valence-electron chi connectivity index (χ0n) is 14.6. The number of halogens is 2. The number of aliphatic imine (C=N–C) groups is 3. The molecule has 9 heteroatoms. The van der Waals surface area contributed by atoms with Crippen molar-refractivity contribution in [2.75, 3.05) is 27.9 Å². The first-order chi connectivity index (χ1) is 12.5. The van der Waals surface area contributed by atoms with Crippen LogP contribution in [0.1, 0.15) is 5.56 Å². The van der Waals surface area contributed by atoms with Gasteiger partial charge in [0.15, 0.2) is 5.84 Å². The van der Waals surface area contributed by atoms with Crippen molar-refractivity contribution in [3.63, 3.8) is 0 Å². The lowest BCUT2D eigenvalue weighted by Crippen LogP contribution is -2.32. The first-order valence-electron chi connectivity index (χ1n) is 7.52. The van der Waals surface area contributed by atoms with Crippen LogP contribution in [0.3, 0.4) is 0 Å². The van der Waals surface area contributed by atoms with E-state index in [0.29, 0.717) is 49.9 Å². The summed E-state index contributed by atoms with van der Waals surface area (Å²) in [4.78, 5) is 12.7. The highest BCUT2D eigenvalue weighted by Crippen LogP contribution is 2.44. The molecule has 0 radical (unpaired) electrons. The Kier molecular flexibility index (Phi) is 6.79. The van der Waals surface area contributed by atoms with Gasteiger partial charge in [0.05, 0.1) is 36.6 Å². The minimum absolute atomic E-state index is 0.0994. The molecule has 26 heavy (non-hydrogen) atoms. The molecule has 7 nitrogen and oxygen atoms in total. The van der Waals surface area contributed by atoms with Gasteiger partial charge in [-0.25, -0.2) is 4.99 Å². The van der Waals surface area contributed by atoms with E-state index in [1.54, 1.807) is 25.4 Å². The van der Waals surface area contributed by atoms with Gasteiger partial charge in [0.25, 0.3) is 0 Å². The molecule has 0 fully saturated rings. The number of ether oxygens (including phenoxy) is 2. The Morgan fingerprint density at radius 1 is 1.27 bits per heavy atom. The SMILES string of the molecule is C=N/C=C1/C=C(c2c(Cl)c(OC)cc(OC)c2Cl)N=C(NC)/C1=N/CN. The average Bonchev–Trinajstić information content (AvgIpc) is 2.64. The van der Waals surface area contributed by atoms with Crippen molar-refractivity contribution in [1.82, 2.24) is 5.32 Å². The molecule has 138 valence electrons. The zero-order valence-corrected chi connectivity index (χ0v) is 16.1. The Hall–Kier alpha value is -2.35. The second kappa shape index (κ2) is 8.84. The third-order valence-corrected chi connectivity index (χ3v) is 4.32. The molecule has 0 saturated heterocycles. The molecule has 1 aliphatic rings. The normalized spacial score (nSPS) is 17.0. The van der Waals surface area contributed by atoms with Crippen molar-refractivity contribution in [3.8, 4) is 11.5 Å². The third-order valence-electron chi connectivity index (χ3n) is 3.57. The Morgan fingerprint density at radius 2 is 1.88 bits per heavy atom. The number of nitrogens with one attached hydrogen (secondary N) is 1. The van der Waals surface area contributed by atoms with Gasteiger partial charge >= 0.3 is 0 Å². The maximum atomic E-state index is 6.49. The molecule has 0 bridgehead atoms. The monoisotopic (exact) mass is 395 g/mol. The molecule has 1 aromatic rings. The van der Waals surface area contributed by atoms with Crippen LogP contribution in [0.2, 0.25) is 10.0 Å². The first-order valence-corrected chi connectivity index (χ1v) is 8.27. The van der Waals surface area contributed by atoms with E-state index in [-0.39, 0.29) is 6.67 Å². The molecule has 0 atom stereocenters. The predicted molar refractivity (Wildman–Crippen MR) is 108 cm³/mol. The summed E-state index contributed by atoms with van der Waals surface area (Å²) in [7, 11) is 4.74. The summed E-state index contributed by atoms with van der Waals surface area (Å²) in [5.41, 5.74) is 7.75. The number of methoxy groups -OCH3 is 2. The maximum Gasteiger partial charge on any atom is 0.152 e. The third kappa shape index (κ3) is 3.75. The quantitative estimate of drug-likeness (QED) is 0.749. The van der Waals surface area contributed by atoms with Crippen LogP contribution in [0.15, 0.2) is 38.9 Å². The van der Waals surface area contributed by atoms with Crippen LogP contribution in [0.5, 0.6) is 11.5 Å². The summed E-state index contributed by atoms with van der Waals surface area (Å²) < 4.78 is 10.6. The number of allylic oxidation sites excluding steroid dienone is 1. The van der Waals surface area contributed by atoms with Crippen molar-refractivity contribution >= 4 is 47.2 Å². The highest BCUT2D eigenvalue weighted by Gasteiger charge is 2.25. The molecule has 0 saturated carbocycles. The maximum absolute atomic E-state index is 6.49. The lowest BCUT2D eigenvalue weighted by atomic mass is 10.0. The number of hydrogen-bond donors (Lipinski definition) is 2. The van der Waals surface area contributed by atoms with Gasteiger partial charge in [0.2, 0.25) is 0 Å². The minimum atomic E-state index is 0.0994. The van der Waals surface area contributed by atoms with E-state index >= 15 is 0 Å². The molecule has 0 unspecified atom stereocenters. The van der Waals surface area contributed by atoms with E-state index in [1.807, 2.05) is 0 Å². The van der Waals surface area contributed by atoms with Gasteiger partial charge < -0.3 is 20.5 Å². The van der Waals surface area contributed by atoms with E-state index in [1.165, 1.54) is 14.2 Å². The van der Waals surface area contributed by atoms with Crippen molar-refractivity contribution < 1.29 is 9.47 Å². The number of nitrogens with two attached hydrogens (primary N) is 1. The second-order valence-electron chi connectivity index (χ2n) is 4.98. The molecule has 1 aromatic carbocycles. The Labute approximate surface area is 161 Å². The predicted octanol–water partition coefficient (Wildman–Crippen LogP) is 2.92. The van der Waals surface area contributed by atoms with E-state index in [4.69, 9.17) is 38.4 Å². The van der Waals surface area contributed by atoms with E-state index in [9.17, 15) is 0 Å². The van der Waals surface area contributed by atoms with Gasteiger partial charge in [-0.1, -0.05) is 23.2 Å². The van der Waals surface area contributed by atoms with Crippen LogP contribution in [-0.2, 0) is 0 Å². The van der Waals surface area contributed by atoms with Crippen LogP contribution in [0, 0.1) is 0 Å². The molecule has 1 heterocycles. The van der Waals surface area contributed by atoms with Gasteiger partial charge in [-0.15, -0.1) is 0 Å². The Morgan fingerprint density at radius 3 is 2.35 bits per heavy atom. The second-order valence-corrected chi connectivity index (χ2v) is 5.74. The summed E-state index contributed by atoms with van der Waals surface area (Å²) in [6.07, 6.45) is 3.30. The van der Waals surface area contributed by atoms with Crippen LogP contribution >= 0.6 is 23.2 Å². The fourth-order valence-electron chi connectivity index (χ4n) is 2.43. The van der Waals surface area contributed by atoms with Crippen LogP contribution in [-0.4, -0.2) is 46.2 Å². The van der Waals surface area contributed by atoms with E-state index < -0.39 is 0 Å². The van der Waals surface area contributed by atoms with E-state index in [0.717, 1.165) is 0 Å². The molecule has 3 N–H and O–H groups in total. The molecule has 0 amide bonds. The molecule has 1 aliphatic heterocycles. The summed E-state index contributed by atoms with van der Waals surface area (Å²) >= 11 is 13.0. The van der Waals surface area contributed by atoms with Gasteiger partial charge in [0, 0.05) is 30.5 Å². The zero-order chi connectivity index (χ0) is 19.3. The van der Waals surface area contributed by atoms with Gasteiger partial charge in [-0.3, -0.25) is 9.98 Å². The number of nitrogens with zero attached hydrogens (tertiary/aromatic N) is 3. The van der Waals surface area contributed by atoms with E-state index in [2.05, 4.69) is 27.0 Å². The minimum Gasteiger partial charge on any atom is -0.495 e. The van der Waals surface area contributed by atoms with Crippen molar-refractivity contribution in [1.29, 1.82) is 0 Å². The fraction of sp³-hybridized carbons (Fsp3) is 0.235. The Balaban J connectivity index is 2.77. The number of amidine groups is 1. The van der Waals surface area contributed by atoms with Gasteiger partial charge in [0.1, 0.15) is 17.2 Å². The standard InChI is InChI=1S/C17H19Cl2N5O2/c1-21-7-9-5-10(24-17(22-2)16(9)23-8-20)13-14(18)11(25-3)6-12(26-4)15(13)19/h5-7H,1,8,20H2,2-4H3,(H,22,24)/b9-7-,23-16+. The molecular weight excluding hydrogens is 377 g/mol. The summed E-state index contributed by atoms with van der Waals surface area (Å²) in [6.45, 7) is 3.59. The lowest BCUT2D eigenvalue weighted by Gasteiger charge is -2.20. The molecule has 0 aliphatic carbocycles. The summed E-state index contributed by atoms with van der Waals surface area (Å²) in [5.74, 6) is 1.33. The molecule has 0 spiro atoms.